The summed E-state index contributed by atoms with van der Waals surface area (Å²) in [4.78, 5) is 43.3. The number of carbonyl (C=O) groups is 3. The smallest absolute Gasteiger partial charge is 0.245 e. The van der Waals surface area contributed by atoms with E-state index in [9.17, 15) is 19.5 Å². The molecule has 3 aliphatic rings. The highest BCUT2D eigenvalue weighted by molar-refractivity contribution is 5.99. The lowest BCUT2D eigenvalue weighted by Gasteiger charge is -2.37. The Morgan fingerprint density at radius 2 is 1.89 bits per heavy atom. The van der Waals surface area contributed by atoms with Crippen LogP contribution < -0.4 is 10.6 Å². The fraction of sp³-hybridized carbons (Fsp3) is 0.690. The molecule has 7 atom stereocenters. The standard InChI is InChI=1S/C29H43N3O5/c1-6-7-13-30-26(35)24-29-15-19(4)28(5,37-29)22(25(34)31-16-20-11-9-8-10-12-20)23(29)27(36)32(24)21(17-33)14-18(2)3/h8-12,18-19,21-24,33H,6-7,13-17H2,1-5H3,(H,30,35)(H,31,34)/t19?,21-,22-,23+,24?,28+,29?/m1/s1. The van der Waals surface area contributed by atoms with Crippen LogP contribution in [0.4, 0.5) is 0 Å². The average Bonchev–Trinajstić information content (AvgIpc) is 3.38. The van der Waals surface area contributed by atoms with Gasteiger partial charge in [-0.05, 0) is 43.6 Å². The molecule has 0 aromatic heterocycles. The van der Waals surface area contributed by atoms with Gasteiger partial charge in [0.2, 0.25) is 17.7 Å². The number of aliphatic hydroxyl groups excluding tert-OH is 1. The van der Waals surface area contributed by atoms with E-state index >= 15 is 0 Å². The summed E-state index contributed by atoms with van der Waals surface area (Å²) in [5.41, 5.74) is -0.986. The monoisotopic (exact) mass is 513 g/mol. The maximum atomic E-state index is 14.2. The van der Waals surface area contributed by atoms with Crippen molar-refractivity contribution >= 4 is 17.7 Å². The molecule has 3 saturated heterocycles. The first-order valence-electron chi connectivity index (χ1n) is 13.8. The van der Waals surface area contributed by atoms with E-state index in [0.29, 0.717) is 25.9 Å². The van der Waals surface area contributed by atoms with Crippen molar-refractivity contribution in [2.45, 2.75) is 90.1 Å². The van der Waals surface area contributed by atoms with Crippen LogP contribution in [0.15, 0.2) is 30.3 Å². The summed E-state index contributed by atoms with van der Waals surface area (Å²) < 4.78 is 6.74. The number of unbranched alkanes of at least 4 members (excludes halogenated alkanes) is 1. The minimum atomic E-state index is -1.10. The lowest BCUT2D eigenvalue weighted by Crippen LogP contribution is -2.58. The van der Waals surface area contributed by atoms with Crippen LogP contribution in [0.25, 0.3) is 0 Å². The Morgan fingerprint density at radius 3 is 2.51 bits per heavy atom. The van der Waals surface area contributed by atoms with Crippen LogP contribution in [-0.4, -0.2) is 64.2 Å². The molecule has 3 aliphatic heterocycles. The van der Waals surface area contributed by atoms with E-state index in [1.165, 1.54) is 0 Å². The number of nitrogens with one attached hydrogen (secondary N) is 2. The third-order valence-electron chi connectivity index (χ3n) is 8.77. The van der Waals surface area contributed by atoms with E-state index < -0.39 is 35.1 Å². The van der Waals surface area contributed by atoms with Crippen LogP contribution in [0.1, 0.15) is 65.9 Å². The number of benzene rings is 1. The molecule has 4 rings (SSSR count). The zero-order valence-electron chi connectivity index (χ0n) is 22.8. The summed E-state index contributed by atoms with van der Waals surface area (Å²) in [7, 11) is 0. The van der Waals surface area contributed by atoms with Gasteiger partial charge in [0.15, 0.2) is 0 Å². The summed E-state index contributed by atoms with van der Waals surface area (Å²) >= 11 is 0. The number of rotatable bonds is 11. The van der Waals surface area contributed by atoms with Gasteiger partial charge in [-0.2, -0.15) is 0 Å². The summed E-state index contributed by atoms with van der Waals surface area (Å²) in [5, 5.41) is 16.4. The van der Waals surface area contributed by atoms with Gasteiger partial charge in [-0.3, -0.25) is 14.4 Å². The van der Waals surface area contributed by atoms with Crippen molar-refractivity contribution in [1.82, 2.24) is 15.5 Å². The molecule has 2 bridgehead atoms. The van der Waals surface area contributed by atoms with Crippen molar-refractivity contribution in [3.05, 3.63) is 35.9 Å². The molecular weight excluding hydrogens is 470 g/mol. The minimum Gasteiger partial charge on any atom is -0.394 e. The Balaban J connectivity index is 1.70. The Labute approximate surface area is 220 Å². The Hall–Kier alpha value is -2.45. The minimum absolute atomic E-state index is 0.0207. The number of hydrogen-bond donors (Lipinski definition) is 3. The Kier molecular flexibility index (Phi) is 8.00. The second-order valence-corrected chi connectivity index (χ2v) is 11.8. The first kappa shape index (κ1) is 27.6. The normalized spacial score (nSPS) is 33.1. The third-order valence-corrected chi connectivity index (χ3v) is 8.77. The molecule has 0 aliphatic carbocycles. The van der Waals surface area contributed by atoms with Crippen LogP contribution in [0.3, 0.4) is 0 Å². The summed E-state index contributed by atoms with van der Waals surface area (Å²) in [6.45, 7) is 10.7. The SMILES string of the molecule is CCCCNC(=O)C1N([C@@H](CO)CC(C)C)C(=O)[C@@H]2[C@H](C(=O)NCc3ccccc3)[C@@]3(C)OC12CC3C. The highest BCUT2D eigenvalue weighted by Crippen LogP contribution is 2.65. The fourth-order valence-electron chi connectivity index (χ4n) is 6.97. The highest BCUT2D eigenvalue weighted by Gasteiger charge is 2.80. The number of amides is 3. The second-order valence-electron chi connectivity index (χ2n) is 11.8. The van der Waals surface area contributed by atoms with Crippen LogP contribution in [-0.2, 0) is 25.7 Å². The van der Waals surface area contributed by atoms with Crippen molar-refractivity contribution in [1.29, 1.82) is 0 Å². The zero-order chi connectivity index (χ0) is 27.0. The number of hydrogen-bond acceptors (Lipinski definition) is 5. The molecule has 1 aromatic rings. The lowest BCUT2D eigenvalue weighted by atomic mass is 9.62. The fourth-order valence-corrected chi connectivity index (χ4v) is 6.97. The number of aliphatic hydroxyl groups is 1. The molecule has 3 amide bonds. The van der Waals surface area contributed by atoms with Gasteiger partial charge in [-0.15, -0.1) is 0 Å². The van der Waals surface area contributed by atoms with Gasteiger partial charge in [0.25, 0.3) is 0 Å². The van der Waals surface area contributed by atoms with Gasteiger partial charge < -0.3 is 25.4 Å². The molecule has 3 N–H and O–H groups in total. The van der Waals surface area contributed by atoms with Gasteiger partial charge >= 0.3 is 0 Å². The van der Waals surface area contributed by atoms with E-state index in [1.807, 2.05) is 58.0 Å². The van der Waals surface area contributed by atoms with Gasteiger partial charge in [-0.25, -0.2) is 0 Å². The zero-order valence-corrected chi connectivity index (χ0v) is 22.8. The largest absolute Gasteiger partial charge is 0.394 e. The molecular formula is C29H43N3O5. The van der Waals surface area contributed by atoms with E-state index in [-0.39, 0.29) is 36.2 Å². The van der Waals surface area contributed by atoms with Crippen molar-refractivity contribution in [3.8, 4) is 0 Å². The molecule has 37 heavy (non-hydrogen) atoms. The maximum Gasteiger partial charge on any atom is 0.245 e. The highest BCUT2D eigenvalue weighted by atomic mass is 16.5. The quantitative estimate of drug-likeness (QED) is 0.394. The molecule has 1 spiro atoms. The summed E-state index contributed by atoms with van der Waals surface area (Å²) in [5.74, 6) is -2.04. The predicted molar refractivity (Wildman–Crippen MR) is 140 cm³/mol. The number of likely N-dealkylation sites (tertiary alicyclic amines) is 1. The van der Waals surface area contributed by atoms with E-state index in [2.05, 4.69) is 17.6 Å². The number of carbonyl (C=O) groups excluding carboxylic acids is 3. The molecule has 1 aromatic carbocycles. The first-order chi connectivity index (χ1) is 17.6. The first-order valence-corrected chi connectivity index (χ1v) is 13.8. The number of ether oxygens (including phenoxy) is 1. The average molecular weight is 514 g/mol. The maximum absolute atomic E-state index is 14.2. The van der Waals surface area contributed by atoms with Crippen molar-refractivity contribution < 1.29 is 24.2 Å². The van der Waals surface area contributed by atoms with Gasteiger partial charge in [0, 0.05) is 13.1 Å². The van der Waals surface area contributed by atoms with Crippen LogP contribution >= 0.6 is 0 Å². The second kappa shape index (κ2) is 10.7. The van der Waals surface area contributed by atoms with Crippen LogP contribution in [0.5, 0.6) is 0 Å². The van der Waals surface area contributed by atoms with E-state index in [0.717, 1.165) is 18.4 Å². The predicted octanol–water partition coefficient (Wildman–Crippen LogP) is 2.64. The molecule has 3 fully saturated rings. The summed E-state index contributed by atoms with van der Waals surface area (Å²) in [6.07, 6.45) is 2.84. The molecule has 8 nitrogen and oxygen atoms in total. The third kappa shape index (κ3) is 4.67. The topological polar surface area (TPSA) is 108 Å². The van der Waals surface area contributed by atoms with Crippen molar-refractivity contribution in [2.24, 2.45) is 23.7 Å². The lowest BCUT2D eigenvalue weighted by molar-refractivity contribution is -0.151. The molecule has 0 radical (unpaired) electrons. The van der Waals surface area contributed by atoms with E-state index in [4.69, 9.17) is 4.74 Å². The van der Waals surface area contributed by atoms with Crippen LogP contribution in [0.2, 0.25) is 0 Å². The van der Waals surface area contributed by atoms with Crippen LogP contribution in [0, 0.1) is 23.7 Å². The van der Waals surface area contributed by atoms with Gasteiger partial charge in [-0.1, -0.05) is 64.4 Å². The number of nitrogens with zero attached hydrogens (tertiary/aromatic N) is 1. The molecule has 0 saturated carbocycles. The molecule has 3 heterocycles. The molecule has 3 unspecified atom stereocenters. The Morgan fingerprint density at radius 1 is 1.19 bits per heavy atom. The molecule has 204 valence electrons. The van der Waals surface area contributed by atoms with Gasteiger partial charge in [0.1, 0.15) is 11.6 Å². The summed E-state index contributed by atoms with van der Waals surface area (Å²) in [6, 6.07) is 8.26. The van der Waals surface area contributed by atoms with Crippen molar-refractivity contribution in [2.75, 3.05) is 13.2 Å². The number of fused-ring (bicyclic) bond motifs is 1. The van der Waals surface area contributed by atoms with Gasteiger partial charge in [0.05, 0.1) is 30.1 Å². The van der Waals surface area contributed by atoms with Crippen molar-refractivity contribution in [3.63, 3.8) is 0 Å². The Bertz CT molecular complexity index is 1000. The molecule has 8 heteroatoms. The van der Waals surface area contributed by atoms with E-state index in [1.54, 1.807) is 4.90 Å².